The molecule has 1 aliphatic heterocycles. The number of rotatable bonds is 6. The van der Waals surface area contributed by atoms with Crippen LogP contribution in [-0.2, 0) is 25.7 Å². The summed E-state index contributed by atoms with van der Waals surface area (Å²) in [5, 5.41) is 22.3. The molecule has 0 aromatic heterocycles. The molecule has 9 heteroatoms. The molecule has 232 valence electrons. The van der Waals surface area contributed by atoms with Crippen LogP contribution >= 0.6 is 0 Å². The average molecular weight is 598 g/mol. The molecule has 1 unspecified atom stereocenters. The number of benzene rings is 1. The third kappa shape index (κ3) is 3.64. The van der Waals surface area contributed by atoms with Gasteiger partial charge in [-0.25, -0.2) is 8.78 Å². The fourth-order valence-electron chi connectivity index (χ4n) is 10.5. The number of aliphatic hydroxyl groups excluding tert-OH is 2. The van der Waals surface area contributed by atoms with Crippen LogP contribution in [0.25, 0.3) is 0 Å². The number of allylic oxidation sites excluding steroid dienone is 4. The third-order valence-corrected chi connectivity index (χ3v) is 12.6. The highest BCUT2D eigenvalue weighted by molar-refractivity contribution is 6.01. The number of esters is 1. The molecule has 7 nitrogen and oxygen atoms in total. The minimum atomic E-state index is -2.34. The molecule has 5 aliphatic rings. The fourth-order valence-corrected chi connectivity index (χ4v) is 10.5. The van der Waals surface area contributed by atoms with Crippen LogP contribution < -0.4 is 0 Å². The second-order valence-corrected chi connectivity index (χ2v) is 14.0. The number of carbonyl (C=O) groups is 3. The van der Waals surface area contributed by atoms with Gasteiger partial charge in [-0.3, -0.25) is 19.3 Å². The second kappa shape index (κ2) is 9.88. The van der Waals surface area contributed by atoms with E-state index in [0.29, 0.717) is 6.54 Å². The average Bonchev–Trinajstić information content (AvgIpc) is 3.38. The Kier molecular flexibility index (Phi) is 6.96. The lowest BCUT2D eigenvalue weighted by molar-refractivity contribution is -0.242. The first-order valence-electron chi connectivity index (χ1n) is 15.3. The van der Waals surface area contributed by atoms with Crippen molar-refractivity contribution >= 4 is 17.5 Å². The quantitative estimate of drug-likeness (QED) is 0.479. The van der Waals surface area contributed by atoms with Gasteiger partial charge < -0.3 is 14.9 Å². The van der Waals surface area contributed by atoms with Gasteiger partial charge in [-0.05, 0) is 67.2 Å². The minimum Gasteiger partial charge on any atom is -0.465 e. The molecular weight excluding hydrogens is 556 g/mol. The first kappa shape index (κ1) is 30.3. The van der Waals surface area contributed by atoms with Gasteiger partial charge in [0.1, 0.15) is 18.8 Å². The number of halogens is 2. The number of hydrogen-bond donors (Lipinski definition) is 2. The summed E-state index contributed by atoms with van der Waals surface area (Å²) >= 11 is 0. The Morgan fingerprint density at radius 2 is 1.84 bits per heavy atom. The smallest absolute Gasteiger partial charge is 0.323 e. The van der Waals surface area contributed by atoms with Gasteiger partial charge in [0.05, 0.1) is 18.1 Å². The standard InChI is InChI=1S/C34H41F2NO6/c1-5-43-29(42)28-23-15-31(3)25-14-24(35)22-13-21(39)11-12-30(22,2)34(25,36)26(40)16-32(31,4)33(23,27(41)18-38)19-37(28)17-20-9-7-6-8-10-20/h6-13,23-26,28,38,40H,5,14-19H2,1-4H3/t23-,24-,25-,26-,28?,30-,31-,32-,33+,34-/m0/s1. The van der Waals surface area contributed by atoms with Gasteiger partial charge in [0.2, 0.25) is 0 Å². The van der Waals surface area contributed by atoms with Gasteiger partial charge in [-0.1, -0.05) is 50.3 Å². The monoisotopic (exact) mass is 597 g/mol. The maximum absolute atomic E-state index is 18.0. The van der Waals surface area contributed by atoms with Crippen molar-refractivity contribution in [2.75, 3.05) is 19.8 Å². The van der Waals surface area contributed by atoms with Gasteiger partial charge in [-0.15, -0.1) is 0 Å². The molecule has 43 heavy (non-hydrogen) atoms. The first-order valence-corrected chi connectivity index (χ1v) is 15.3. The Morgan fingerprint density at radius 3 is 2.49 bits per heavy atom. The summed E-state index contributed by atoms with van der Waals surface area (Å²) in [6.07, 6.45) is 0.375. The van der Waals surface area contributed by atoms with Crippen LogP contribution in [0.1, 0.15) is 52.5 Å². The summed E-state index contributed by atoms with van der Waals surface area (Å²) in [4.78, 5) is 42.0. The summed E-state index contributed by atoms with van der Waals surface area (Å²) in [5.41, 5.74) is -6.42. The molecule has 4 aliphatic carbocycles. The van der Waals surface area contributed by atoms with Crippen LogP contribution in [0.15, 0.2) is 54.1 Å². The second-order valence-electron chi connectivity index (χ2n) is 14.0. The van der Waals surface area contributed by atoms with Crippen molar-refractivity contribution in [1.29, 1.82) is 0 Å². The number of alkyl halides is 2. The highest BCUT2D eigenvalue weighted by Crippen LogP contribution is 2.80. The van der Waals surface area contributed by atoms with Gasteiger partial charge in [-0.2, -0.15) is 0 Å². The number of fused-ring (bicyclic) bond motifs is 7. The number of hydrogen-bond acceptors (Lipinski definition) is 7. The summed E-state index contributed by atoms with van der Waals surface area (Å²) in [6, 6.07) is 8.68. The minimum absolute atomic E-state index is 0.0304. The molecule has 1 saturated heterocycles. The maximum atomic E-state index is 18.0. The predicted molar refractivity (Wildman–Crippen MR) is 154 cm³/mol. The number of nitrogens with zero attached hydrogens (tertiary/aromatic N) is 1. The predicted octanol–water partition coefficient (Wildman–Crippen LogP) is 3.92. The molecular formula is C34H41F2NO6. The highest BCUT2D eigenvalue weighted by Gasteiger charge is 2.83. The molecule has 4 fully saturated rings. The summed E-state index contributed by atoms with van der Waals surface area (Å²) in [7, 11) is 0. The number of ketones is 2. The Balaban J connectivity index is 1.52. The Labute approximate surface area is 251 Å². The molecule has 6 rings (SSSR count). The van der Waals surface area contributed by atoms with Crippen LogP contribution in [0.5, 0.6) is 0 Å². The normalized spacial score (nSPS) is 45.1. The number of carbonyl (C=O) groups excluding carboxylic acids is 3. The topological polar surface area (TPSA) is 104 Å². The molecule has 10 atom stereocenters. The lowest BCUT2D eigenvalue weighted by atomic mass is 9.38. The van der Waals surface area contributed by atoms with Crippen LogP contribution in [0.3, 0.4) is 0 Å². The zero-order valence-electron chi connectivity index (χ0n) is 25.2. The molecule has 1 aromatic carbocycles. The molecule has 1 heterocycles. The van der Waals surface area contributed by atoms with E-state index in [4.69, 9.17) is 4.74 Å². The highest BCUT2D eigenvalue weighted by atomic mass is 19.1. The Morgan fingerprint density at radius 1 is 1.14 bits per heavy atom. The Hall–Kier alpha value is -2.75. The van der Waals surface area contributed by atoms with E-state index in [-0.39, 0.29) is 38.0 Å². The van der Waals surface area contributed by atoms with E-state index in [2.05, 4.69) is 0 Å². The SMILES string of the molecule is CCOC(=O)C1[C@@H]2C[C@@]3(C)[C@@H]4C[C@H](F)C5=CC(=O)C=C[C@]5(C)[C@@]4(F)[C@@H](O)C[C@]3(C)[C@]2(C(=O)CO)CN1Cc1ccccc1. The van der Waals surface area contributed by atoms with Crippen molar-refractivity contribution in [3.63, 3.8) is 0 Å². The van der Waals surface area contributed by atoms with Gasteiger partial charge in [0.15, 0.2) is 17.2 Å². The Bertz CT molecular complexity index is 1410. The van der Waals surface area contributed by atoms with Crippen molar-refractivity contribution in [1.82, 2.24) is 4.90 Å². The molecule has 2 N–H and O–H groups in total. The van der Waals surface area contributed by atoms with Crippen molar-refractivity contribution in [2.45, 2.75) is 77.5 Å². The number of Topliss-reactive ketones (excluding diaryl/α,β-unsaturated/α-hetero) is 1. The van der Waals surface area contributed by atoms with Crippen LogP contribution in [0, 0.1) is 33.5 Å². The number of ether oxygens (including phenoxy) is 1. The maximum Gasteiger partial charge on any atom is 0.323 e. The van der Waals surface area contributed by atoms with Gasteiger partial charge in [0.25, 0.3) is 0 Å². The molecule has 0 radical (unpaired) electrons. The summed E-state index contributed by atoms with van der Waals surface area (Å²) in [5.74, 6) is -3.08. The largest absolute Gasteiger partial charge is 0.465 e. The van der Waals surface area contributed by atoms with Crippen molar-refractivity contribution in [3.8, 4) is 0 Å². The zero-order chi connectivity index (χ0) is 31.2. The van der Waals surface area contributed by atoms with Crippen LogP contribution in [-0.4, -0.2) is 76.4 Å². The lowest BCUT2D eigenvalue weighted by Crippen LogP contribution is -2.72. The molecule has 0 bridgehead atoms. The van der Waals surface area contributed by atoms with E-state index in [0.717, 1.165) is 11.6 Å². The summed E-state index contributed by atoms with van der Waals surface area (Å²) in [6.45, 7) is 6.80. The van der Waals surface area contributed by atoms with E-state index in [1.165, 1.54) is 12.2 Å². The van der Waals surface area contributed by atoms with Crippen molar-refractivity contribution < 1.29 is 38.1 Å². The zero-order valence-corrected chi connectivity index (χ0v) is 25.2. The molecule has 0 spiro atoms. The van der Waals surface area contributed by atoms with Crippen LogP contribution in [0.4, 0.5) is 8.78 Å². The van der Waals surface area contributed by atoms with E-state index in [9.17, 15) is 24.6 Å². The van der Waals surface area contributed by atoms with Crippen molar-refractivity contribution in [2.24, 2.45) is 33.5 Å². The van der Waals surface area contributed by atoms with Crippen LogP contribution in [0.2, 0.25) is 0 Å². The fraction of sp³-hybridized carbons (Fsp3) is 0.618. The van der Waals surface area contributed by atoms with E-state index in [1.54, 1.807) is 13.8 Å². The summed E-state index contributed by atoms with van der Waals surface area (Å²) < 4.78 is 39.6. The van der Waals surface area contributed by atoms with E-state index < -0.39 is 81.6 Å². The molecule has 3 saturated carbocycles. The first-order chi connectivity index (χ1) is 20.2. The van der Waals surface area contributed by atoms with E-state index >= 15 is 8.78 Å². The molecule has 0 amide bonds. The number of likely N-dealkylation sites (tertiary alicyclic amines) is 1. The lowest BCUT2D eigenvalue weighted by Gasteiger charge is -2.67. The van der Waals surface area contributed by atoms with Gasteiger partial charge in [0, 0.05) is 30.3 Å². The molecule has 1 aromatic rings. The third-order valence-electron chi connectivity index (χ3n) is 12.6. The van der Waals surface area contributed by atoms with E-state index in [1.807, 2.05) is 49.1 Å². The van der Waals surface area contributed by atoms with Gasteiger partial charge >= 0.3 is 5.97 Å². The number of aliphatic hydroxyl groups is 2. The van der Waals surface area contributed by atoms with Crippen molar-refractivity contribution in [3.05, 3.63) is 59.7 Å².